The highest BCUT2D eigenvalue weighted by Crippen LogP contribution is 2.24. The van der Waals surface area contributed by atoms with Gasteiger partial charge in [-0.2, -0.15) is 0 Å². The molecule has 0 unspecified atom stereocenters. The van der Waals surface area contributed by atoms with E-state index in [-0.39, 0.29) is 18.3 Å². The fourth-order valence-corrected chi connectivity index (χ4v) is 3.92. The van der Waals surface area contributed by atoms with Crippen LogP contribution in [0.4, 0.5) is 0 Å². The normalized spacial score (nSPS) is 14.6. The Labute approximate surface area is 172 Å². The Hall–Kier alpha value is -1.47. The molecule has 1 aliphatic heterocycles. The monoisotopic (exact) mass is 408 g/mol. The molecular weight excluding hydrogens is 380 g/mol. The first-order valence-electron chi connectivity index (χ1n) is 9.48. The smallest absolute Gasteiger partial charge is 0.226 e. The van der Waals surface area contributed by atoms with Gasteiger partial charge in [-0.3, -0.25) is 4.79 Å². The Morgan fingerprint density at radius 3 is 2.70 bits per heavy atom. The molecule has 1 saturated heterocycles. The molecule has 5 nitrogen and oxygen atoms in total. The predicted molar refractivity (Wildman–Crippen MR) is 115 cm³/mol. The van der Waals surface area contributed by atoms with Gasteiger partial charge in [-0.1, -0.05) is 31.2 Å². The van der Waals surface area contributed by atoms with Gasteiger partial charge in [0, 0.05) is 43.7 Å². The molecule has 148 valence electrons. The highest BCUT2D eigenvalue weighted by molar-refractivity contribution is 7.13. The number of hydrogen-bond donors (Lipinski definition) is 2. The first-order valence-corrected chi connectivity index (χ1v) is 10.4. The Kier molecular flexibility index (Phi) is 9.21. The van der Waals surface area contributed by atoms with E-state index in [4.69, 9.17) is 0 Å². The number of aromatic nitrogens is 1. The fourth-order valence-electron chi connectivity index (χ4n) is 3.10. The van der Waals surface area contributed by atoms with Gasteiger partial charge in [0.2, 0.25) is 5.91 Å². The zero-order valence-corrected chi connectivity index (χ0v) is 17.5. The van der Waals surface area contributed by atoms with Gasteiger partial charge >= 0.3 is 0 Å². The number of carbonyl (C=O) groups excluding carboxylic acids is 1. The Balaban J connectivity index is 0.00000261. The molecule has 1 aromatic carbocycles. The van der Waals surface area contributed by atoms with E-state index in [9.17, 15) is 4.79 Å². The number of nitrogens with one attached hydrogen (secondary N) is 2. The molecule has 1 aliphatic rings. The summed E-state index contributed by atoms with van der Waals surface area (Å²) in [5, 5.41) is 9.34. The molecule has 0 saturated carbocycles. The largest absolute Gasteiger partial charge is 0.356 e. The second kappa shape index (κ2) is 11.4. The summed E-state index contributed by atoms with van der Waals surface area (Å²) in [6, 6.07) is 8.50. The molecule has 0 aliphatic carbocycles. The lowest BCUT2D eigenvalue weighted by Gasteiger charge is -2.27. The van der Waals surface area contributed by atoms with Crippen molar-refractivity contribution < 1.29 is 4.79 Å². The van der Waals surface area contributed by atoms with E-state index < -0.39 is 0 Å². The van der Waals surface area contributed by atoms with Crippen LogP contribution in [-0.2, 0) is 17.6 Å². The molecule has 1 fully saturated rings. The summed E-state index contributed by atoms with van der Waals surface area (Å²) in [6.07, 6.45) is 2.40. The molecular formula is C20H29ClN4OS. The number of benzene rings is 1. The highest BCUT2D eigenvalue weighted by Gasteiger charge is 2.11. The number of hydrogen-bond acceptors (Lipinski definition) is 5. The number of thiazole rings is 1. The maximum atomic E-state index is 12.1. The summed E-state index contributed by atoms with van der Waals surface area (Å²) in [5.74, 6) is 0.0588. The molecule has 0 radical (unpaired) electrons. The molecule has 2 aromatic rings. The molecule has 3 rings (SSSR count). The van der Waals surface area contributed by atoms with Crippen LogP contribution in [0.5, 0.6) is 0 Å². The molecule has 7 heteroatoms. The van der Waals surface area contributed by atoms with Crippen molar-refractivity contribution in [3.63, 3.8) is 0 Å². The first-order chi connectivity index (χ1) is 12.7. The second-order valence-electron chi connectivity index (χ2n) is 6.67. The maximum absolute atomic E-state index is 12.1. The maximum Gasteiger partial charge on any atom is 0.226 e. The number of nitrogens with zero attached hydrogens (tertiary/aromatic N) is 2. The average molecular weight is 409 g/mol. The van der Waals surface area contributed by atoms with Crippen molar-refractivity contribution in [3.05, 3.63) is 40.9 Å². The van der Waals surface area contributed by atoms with Crippen molar-refractivity contribution in [3.8, 4) is 10.6 Å². The number of rotatable bonds is 8. The van der Waals surface area contributed by atoms with Crippen LogP contribution in [0.25, 0.3) is 10.6 Å². The minimum Gasteiger partial charge on any atom is -0.356 e. The molecule has 2 N–H and O–H groups in total. The zero-order valence-electron chi connectivity index (χ0n) is 15.9. The van der Waals surface area contributed by atoms with Crippen LogP contribution in [0, 0.1) is 0 Å². The Morgan fingerprint density at radius 2 is 2.00 bits per heavy atom. The number of amides is 1. The molecule has 0 atom stereocenters. The average Bonchev–Trinajstić information content (AvgIpc) is 3.14. The van der Waals surface area contributed by atoms with Crippen LogP contribution in [0.2, 0.25) is 0 Å². The van der Waals surface area contributed by atoms with E-state index >= 15 is 0 Å². The molecule has 2 heterocycles. The summed E-state index contributed by atoms with van der Waals surface area (Å²) in [5.41, 5.74) is 3.30. The van der Waals surface area contributed by atoms with E-state index in [0.717, 1.165) is 68.4 Å². The van der Waals surface area contributed by atoms with Gasteiger partial charge < -0.3 is 15.5 Å². The van der Waals surface area contributed by atoms with E-state index in [1.54, 1.807) is 11.3 Å². The number of piperazine rings is 1. The zero-order chi connectivity index (χ0) is 18.2. The molecule has 0 bridgehead atoms. The van der Waals surface area contributed by atoms with Crippen molar-refractivity contribution in [1.82, 2.24) is 20.5 Å². The second-order valence-corrected chi connectivity index (χ2v) is 7.52. The lowest BCUT2D eigenvalue weighted by Crippen LogP contribution is -2.44. The lowest BCUT2D eigenvalue weighted by atomic mass is 10.1. The molecule has 1 amide bonds. The van der Waals surface area contributed by atoms with Gasteiger partial charge in [0.25, 0.3) is 0 Å². The van der Waals surface area contributed by atoms with Gasteiger partial charge in [-0.25, -0.2) is 4.98 Å². The van der Waals surface area contributed by atoms with Crippen LogP contribution < -0.4 is 10.6 Å². The summed E-state index contributed by atoms with van der Waals surface area (Å²) in [7, 11) is 0. The number of aryl methyl sites for hydroxylation is 1. The third-order valence-electron chi connectivity index (χ3n) is 4.69. The summed E-state index contributed by atoms with van der Waals surface area (Å²) in [6.45, 7) is 8.29. The van der Waals surface area contributed by atoms with Crippen LogP contribution in [0.3, 0.4) is 0 Å². The fraction of sp³-hybridized carbons (Fsp3) is 0.500. The Morgan fingerprint density at radius 1 is 1.26 bits per heavy atom. The highest BCUT2D eigenvalue weighted by atomic mass is 35.5. The first kappa shape index (κ1) is 21.8. The summed E-state index contributed by atoms with van der Waals surface area (Å²) in [4.78, 5) is 19.2. The van der Waals surface area contributed by atoms with Crippen LogP contribution >= 0.6 is 23.7 Å². The van der Waals surface area contributed by atoms with Crippen LogP contribution in [0.1, 0.15) is 24.6 Å². The summed E-state index contributed by atoms with van der Waals surface area (Å²) < 4.78 is 0. The van der Waals surface area contributed by atoms with E-state index in [0.29, 0.717) is 6.42 Å². The third kappa shape index (κ3) is 6.88. The van der Waals surface area contributed by atoms with Gasteiger partial charge in [0.05, 0.1) is 12.1 Å². The van der Waals surface area contributed by atoms with Crippen molar-refractivity contribution in [1.29, 1.82) is 0 Å². The standard InChI is InChI=1S/C20H28N4OS.ClH/c1-2-16-4-6-17(7-5-16)20-23-18(15-26-20)14-19(25)22-8-3-11-24-12-9-21-10-13-24;/h4-7,15,21H,2-3,8-14H2,1H3,(H,22,25);1H. The number of halogens is 1. The molecule has 0 spiro atoms. The quantitative estimate of drug-likeness (QED) is 0.659. The number of carbonyl (C=O) groups is 1. The Bertz CT molecular complexity index is 698. The van der Waals surface area contributed by atoms with Crippen molar-refractivity contribution >= 4 is 29.7 Å². The van der Waals surface area contributed by atoms with Crippen LogP contribution in [-0.4, -0.2) is 55.1 Å². The van der Waals surface area contributed by atoms with Crippen LogP contribution in [0.15, 0.2) is 29.6 Å². The third-order valence-corrected chi connectivity index (χ3v) is 5.63. The molecule has 27 heavy (non-hydrogen) atoms. The SMILES string of the molecule is CCc1ccc(-c2nc(CC(=O)NCCCN3CCNCC3)cs2)cc1.Cl. The van der Waals surface area contributed by atoms with E-state index in [1.807, 2.05) is 5.38 Å². The van der Waals surface area contributed by atoms with Gasteiger partial charge in [0.15, 0.2) is 0 Å². The predicted octanol–water partition coefficient (Wildman–Crippen LogP) is 2.75. The van der Waals surface area contributed by atoms with E-state index in [1.165, 1.54) is 5.56 Å². The summed E-state index contributed by atoms with van der Waals surface area (Å²) >= 11 is 1.60. The van der Waals surface area contributed by atoms with Crippen molar-refractivity contribution in [2.75, 3.05) is 39.3 Å². The minimum atomic E-state index is 0. The topological polar surface area (TPSA) is 57.3 Å². The molecule has 1 aromatic heterocycles. The lowest BCUT2D eigenvalue weighted by molar-refractivity contribution is -0.120. The van der Waals surface area contributed by atoms with Gasteiger partial charge in [-0.05, 0) is 24.9 Å². The van der Waals surface area contributed by atoms with Crippen molar-refractivity contribution in [2.24, 2.45) is 0 Å². The van der Waals surface area contributed by atoms with Crippen molar-refractivity contribution in [2.45, 2.75) is 26.2 Å². The van der Waals surface area contributed by atoms with Gasteiger partial charge in [-0.15, -0.1) is 23.7 Å². The minimum absolute atomic E-state index is 0. The van der Waals surface area contributed by atoms with Gasteiger partial charge in [0.1, 0.15) is 5.01 Å². The van der Waals surface area contributed by atoms with E-state index in [2.05, 4.69) is 51.7 Å².